The first kappa shape index (κ1) is 16.4. The van der Waals surface area contributed by atoms with E-state index in [9.17, 15) is 0 Å². The molecule has 0 amide bonds. The molecule has 1 fully saturated rings. The van der Waals surface area contributed by atoms with Crippen LogP contribution in [0.25, 0.3) is 10.9 Å². The summed E-state index contributed by atoms with van der Waals surface area (Å²) in [7, 11) is 0. The number of aromatic amines is 1. The van der Waals surface area contributed by atoms with E-state index in [0.29, 0.717) is 5.92 Å². The van der Waals surface area contributed by atoms with Crippen LogP contribution in [0.5, 0.6) is 0 Å². The van der Waals surface area contributed by atoms with Gasteiger partial charge < -0.3 is 9.88 Å². The van der Waals surface area contributed by atoms with Crippen molar-refractivity contribution in [3.8, 4) is 0 Å². The molecule has 132 valence electrons. The minimum absolute atomic E-state index is 0.694. The van der Waals surface area contributed by atoms with Gasteiger partial charge in [-0.3, -0.25) is 4.68 Å². The first-order valence-electron chi connectivity index (χ1n) is 9.63. The van der Waals surface area contributed by atoms with Gasteiger partial charge in [-0.2, -0.15) is 5.10 Å². The molecule has 1 saturated heterocycles. The molecule has 2 aromatic heterocycles. The van der Waals surface area contributed by atoms with Gasteiger partial charge >= 0.3 is 0 Å². The van der Waals surface area contributed by atoms with E-state index in [1.54, 1.807) is 0 Å². The highest BCUT2D eigenvalue weighted by molar-refractivity contribution is 5.83. The number of hydrogen-bond acceptors (Lipinski definition) is 2. The maximum atomic E-state index is 4.44. The van der Waals surface area contributed by atoms with Gasteiger partial charge in [0.25, 0.3) is 0 Å². The standard InChI is InChI=1S/C21H28N4/c1-2-10-25-16-17(14-23-25)7-11-24-12-8-18(9-13-24)20-15-22-21-6-4-3-5-19(20)21/h3-6,14-16,18,22H,2,7-13H2,1H3. The average molecular weight is 336 g/mol. The quantitative estimate of drug-likeness (QED) is 0.732. The fourth-order valence-electron chi connectivity index (χ4n) is 4.07. The Morgan fingerprint density at radius 3 is 2.84 bits per heavy atom. The number of piperidine rings is 1. The molecule has 0 aliphatic carbocycles. The minimum Gasteiger partial charge on any atom is -0.361 e. The van der Waals surface area contributed by atoms with Crippen LogP contribution in [0.1, 0.15) is 43.2 Å². The number of H-pyrrole nitrogens is 1. The number of para-hydroxylation sites is 1. The highest BCUT2D eigenvalue weighted by Crippen LogP contribution is 2.33. The van der Waals surface area contributed by atoms with Crippen LogP contribution in [0.15, 0.2) is 42.9 Å². The predicted octanol–water partition coefficient (Wildman–Crippen LogP) is 4.20. The molecule has 4 heteroatoms. The number of aromatic nitrogens is 3. The van der Waals surface area contributed by atoms with Crippen molar-refractivity contribution in [2.24, 2.45) is 0 Å². The highest BCUT2D eigenvalue weighted by atomic mass is 15.3. The van der Waals surface area contributed by atoms with Crippen LogP contribution < -0.4 is 0 Å². The van der Waals surface area contributed by atoms with Gasteiger partial charge in [-0.15, -0.1) is 0 Å². The first-order valence-corrected chi connectivity index (χ1v) is 9.63. The Labute approximate surface area is 149 Å². The molecule has 0 radical (unpaired) electrons. The van der Waals surface area contributed by atoms with Crippen molar-refractivity contribution >= 4 is 10.9 Å². The van der Waals surface area contributed by atoms with Crippen LogP contribution in [-0.2, 0) is 13.0 Å². The lowest BCUT2D eigenvalue weighted by Gasteiger charge is -2.31. The molecule has 1 aromatic carbocycles. The third-order valence-corrected chi connectivity index (χ3v) is 5.50. The van der Waals surface area contributed by atoms with Crippen LogP contribution in [0, 0.1) is 0 Å². The number of benzene rings is 1. The van der Waals surface area contributed by atoms with Crippen LogP contribution in [0.2, 0.25) is 0 Å². The van der Waals surface area contributed by atoms with E-state index in [1.807, 2.05) is 6.20 Å². The van der Waals surface area contributed by atoms with Gasteiger partial charge in [-0.1, -0.05) is 25.1 Å². The summed E-state index contributed by atoms with van der Waals surface area (Å²) in [6.07, 6.45) is 11.3. The van der Waals surface area contributed by atoms with E-state index < -0.39 is 0 Å². The van der Waals surface area contributed by atoms with Gasteiger partial charge in [0.15, 0.2) is 0 Å². The smallest absolute Gasteiger partial charge is 0.0522 e. The van der Waals surface area contributed by atoms with E-state index in [2.05, 4.69) is 63.2 Å². The van der Waals surface area contributed by atoms with E-state index in [1.165, 1.54) is 48.0 Å². The topological polar surface area (TPSA) is 36.9 Å². The van der Waals surface area contributed by atoms with E-state index in [-0.39, 0.29) is 0 Å². The van der Waals surface area contributed by atoms with E-state index in [0.717, 1.165) is 25.9 Å². The van der Waals surface area contributed by atoms with Crippen molar-refractivity contribution < 1.29 is 0 Å². The lowest BCUT2D eigenvalue weighted by atomic mass is 9.89. The van der Waals surface area contributed by atoms with Crippen LogP contribution >= 0.6 is 0 Å². The minimum atomic E-state index is 0.694. The lowest BCUT2D eigenvalue weighted by molar-refractivity contribution is 0.215. The van der Waals surface area contributed by atoms with Crippen molar-refractivity contribution in [3.05, 3.63) is 54.0 Å². The molecule has 0 saturated carbocycles. The third-order valence-electron chi connectivity index (χ3n) is 5.50. The summed E-state index contributed by atoms with van der Waals surface area (Å²) in [4.78, 5) is 6.05. The number of nitrogens with one attached hydrogen (secondary N) is 1. The summed E-state index contributed by atoms with van der Waals surface area (Å²) in [5.74, 6) is 0.694. The summed E-state index contributed by atoms with van der Waals surface area (Å²) in [6.45, 7) is 6.77. The number of aryl methyl sites for hydroxylation is 1. The first-order chi connectivity index (χ1) is 12.3. The molecule has 4 rings (SSSR count). The maximum Gasteiger partial charge on any atom is 0.0522 e. The second-order valence-electron chi connectivity index (χ2n) is 7.27. The summed E-state index contributed by atoms with van der Waals surface area (Å²) in [5.41, 5.74) is 4.15. The molecular formula is C21H28N4. The number of fused-ring (bicyclic) bond motifs is 1. The van der Waals surface area contributed by atoms with Crippen LogP contribution in [0.3, 0.4) is 0 Å². The molecule has 0 bridgehead atoms. The monoisotopic (exact) mass is 336 g/mol. The molecule has 1 aliphatic rings. The largest absolute Gasteiger partial charge is 0.361 e. The predicted molar refractivity (Wildman–Crippen MR) is 103 cm³/mol. The Bertz CT molecular complexity index is 808. The second-order valence-corrected chi connectivity index (χ2v) is 7.27. The van der Waals surface area contributed by atoms with Crippen molar-refractivity contribution in [2.75, 3.05) is 19.6 Å². The molecule has 4 nitrogen and oxygen atoms in total. The zero-order valence-electron chi connectivity index (χ0n) is 15.1. The average Bonchev–Trinajstić information content (AvgIpc) is 3.28. The Hall–Kier alpha value is -2.07. The SMILES string of the molecule is CCCn1cc(CCN2CCC(c3c[nH]c4ccccc34)CC2)cn1. The highest BCUT2D eigenvalue weighted by Gasteiger charge is 2.22. The van der Waals surface area contributed by atoms with E-state index in [4.69, 9.17) is 0 Å². The summed E-state index contributed by atoms with van der Waals surface area (Å²) in [6, 6.07) is 8.68. The summed E-state index contributed by atoms with van der Waals surface area (Å²) in [5, 5.41) is 5.85. The van der Waals surface area contributed by atoms with Gasteiger partial charge in [0.1, 0.15) is 0 Å². The third kappa shape index (κ3) is 3.64. The summed E-state index contributed by atoms with van der Waals surface area (Å²) >= 11 is 0. The fraction of sp³-hybridized carbons (Fsp3) is 0.476. The lowest BCUT2D eigenvalue weighted by Crippen LogP contribution is -2.34. The molecule has 25 heavy (non-hydrogen) atoms. The fourth-order valence-corrected chi connectivity index (χ4v) is 4.07. The van der Waals surface area contributed by atoms with Gasteiger partial charge in [0.2, 0.25) is 0 Å². The number of hydrogen-bond donors (Lipinski definition) is 1. The number of nitrogens with zero attached hydrogens (tertiary/aromatic N) is 3. The van der Waals surface area contributed by atoms with Crippen LogP contribution in [-0.4, -0.2) is 39.3 Å². The van der Waals surface area contributed by atoms with Crippen molar-refractivity contribution in [1.29, 1.82) is 0 Å². The molecular weight excluding hydrogens is 308 g/mol. The molecule has 0 spiro atoms. The Balaban J connectivity index is 1.30. The Morgan fingerprint density at radius 1 is 1.16 bits per heavy atom. The summed E-state index contributed by atoms with van der Waals surface area (Å²) < 4.78 is 2.07. The van der Waals surface area contributed by atoms with Gasteiger partial charge in [0.05, 0.1) is 6.20 Å². The Kier molecular flexibility index (Phi) is 4.88. The van der Waals surface area contributed by atoms with Crippen molar-refractivity contribution in [2.45, 2.75) is 45.1 Å². The van der Waals surface area contributed by atoms with Crippen molar-refractivity contribution in [3.63, 3.8) is 0 Å². The second kappa shape index (κ2) is 7.44. The number of rotatable bonds is 6. The molecule has 1 N–H and O–H groups in total. The van der Waals surface area contributed by atoms with Crippen LogP contribution in [0.4, 0.5) is 0 Å². The van der Waals surface area contributed by atoms with Gasteiger partial charge in [-0.05, 0) is 61.9 Å². The Morgan fingerprint density at radius 2 is 2.00 bits per heavy atom. The molecule has 0 unspecified atom stereocenters. The number of likely N-dealkylation sites (tertiary alicyclic amines) is 1. The zero-order chi connectivity index (χ0) is 17.1. The van der Waals surface area contributed by atoms with Gasteiger partial charge in [-0.25, -0.2) is 0 Å². The molecule has 3 heterocycles. The van der Waals surface area contributed by atoms with Crippen molar-refractivity contribution in [1.82, 2.24) is 19.7 Å². The maximum absolute atomic E-state index is 4.44. The normalized spacial score (nSPS) is 16.7. The molecule has 0 atom stereocenters. The molecule has 1 aliphatic heterocycles. The van der Waals surface area contributed by atoms with E-state index >= 15 is 0 Å². The van der Waals surface area contributed by atoms with Gasteiger partial charge in [0, 0.05) is 36.4 Å². The zero-order valence-corrected chi connectivity index (χ0v) is 15.1. The molecule has 3 aromatic rings.